The van der Waals surface area contributed by atoms with E-state index in [0.29, 0.717) is 13.1 Å². The van der Waals surface area contributed by atoms with Crippen LogP contribution in [-0.2, 0) is 4.79 Å². The van der Waals surface area contributed by atoms with Crippen molar-refractivity contribution in [3.8, 4) is 0 Å². The molecule has 1 aromatic rings. The van der Waals surface area contributed by atoms with Crippen LogP contribution < -0.4 is 10.6 Å². The van der Waals surface area contributed by atoms with Gasteiger partial charge >= 0.3 is 6.03 Å². The second-order valence-corrected chi connectivity index (χ2v) is 7.04. The fourth-order valence-corrected chi connectivity index (χ4v) is 2.71. The van der Waals surface area contributed by atoms with Crippen LogP contribution in [0.25, 0.3) is 0 Å². The van der Waals surface area contributed by atoms with Crippen molar-refractivity contribution in [2.75, 3.05) is 19.6 Å². The van der Waals surface area contributed by atoms with Crippen molar-refractivity contribution in [2.45, 2.75) is 33.2 Å². The van der Waals surface area contributed by atoms with Crippen LogP contribution in [0, 0.1) is 17.0 Å². The molecule has 0 saturated carbocycles. The summed E-state index contributed by atoms with van der Waals surface area (Å²) in [6, 6.07) is 2.39. The molecule has 0 unspecified atom stereocenters. The molecule has 0 spiro atoms. The van der Waals surface area contributed by atoms with Gasteiger partial charge < -0.3 is 15.5 Å². The molecule has 1 aliphatic rings. The highest BCUT2D eigenvalue weighted by atomic mass is 19.1. The quantitative estimate of drug-likeness (QED) is 0.886. The van der Waals surface area contributed by atoms with E-state index >= 15 is 0 Å². The number of nitrogens with one attached hydrogen (secondary N) is 2. The number of urea groups is 1. The molecule has 2 rings (SSSR count). The summed E-state index contributed by atoms with van der Waals surface area (Å²) in [4.78, 5) is 25.5. The molecule has 1 aromatic carbocycles. The summed E-state index contributed by atoms with van der Waals surface area (Å²) in [5.74, 6) is -1.75. The first kappa shape index (κ1) is 18.2. The first-order chi connectivity index (χ1) is 11.2. The van der Waals surface area contributed by atoms with Gasteiger partial charge in [0.1, 0.15) is 18.2 Å². The molecule has 2 N–H and O–H groups in total. The fraction of sp³-hybridized carbons (Fsp3) is 0.529. The molecule has 0 aromatic heterocycles. The zero-order chi connectivity index (χ0) is 17.9. The van der Waals surface area contributed by atoms with Gasteiger partial charge in [0.2, 0.25) is 5.91 Å². The molecule has 7 heteroatoms. The molecular weight excluding hydrogens is 316 g/mol. The summed E-state index contributed by atoms with van der Waals surface area (Å²) < 4.78 is 27.3. The molecule has 1 fully saturated rings. The van der Waals surface area contributed by atoms with Crippen molar-refractivity contribution >= 4 is 11.9 Å². The number of nitrogens with zero attached hydrogens (tertiary/aromatic N) is 1. The third-order valence-corrected chi connectivity index (χ3v) is 3.95. The maximum Gasteiger partial charge on any atom is 0.317 e. The zero-order valence-electron chi connectivity index (χ0n) is 14.2. The van der Waals surface area contributed by atoms with E-state index in [2.05, 4.69) is 10.6 Å². The molecule has 5 nitrogen and oxygen atoms in total. The van der Waals surface area contributed by atoms with Crippen LogP contribution in [-0.4, -0.2) is 36.5 Å². The standard InChI is InChI=1S/C17H23F2N3O2/c1-17(2,3)15(12-6-5-11(18)9-13(12)19)21-14(23)10-22-8-4-7-20-16(22)24/h5-6,9,15H,4,7-8,10H2,1-3H3,(H,20,24)(H,21,23)/t15-/m1/s1. The van der Waals surface area contributed by atoms with Crippen LogP contribution in [0.15, 0.2) is 18.2 Å². The van der Waals surface area contributed by atoms with Crippen molar-refractivity contribution in [3.63, 3.8) is 0 Å². The second-order valence-electron chi connectivity index (χ2n) is 7.04. The smallest absolute Gasteiger partial charge is 0.317 e. The average Bonchev–Trinajstić information content (AvgIpc) is 2.47. The number of carbonyl (C=O) groups excluding carboxylic acids is 2. The van der Waals surface area contributed by atoms with Crippen molar-refractivity contribution in [1.82, 2.24) is 15.5 Å². The summed E-state index contributed by atoms with van der Waals surface area (Å²) in [7, 11) is 0. The highest BCUT2D eigenvalue weighted by Gasteiger charge is 2.31. The molecule has 0 bridgehead atoms. The number of halogens is 2. The molecule has 1 atom stereocenters. The zero-order valence-corrected chi connectivity index (χ0v) is 14.2. The normalized spacial score (nSPS) is 16.5. The SMILES string of the molecule is CC(C)(C)[C@H](NC(=O)CN1CCCNC1=O)c1ccc(F)cc1F. The Labute approximate surface area is 140 Å². The number of benzene rings is 1. The lowest BCUT2D eigenvalue weighted by Crippen LogP contribution is -2.51. The first-order valence-corrected chi connectivity index (χ1v) is 7.95. The summed E-state index contributed by atoms with van der Waals surface area (Å²) in [5, 5.41) is 5.45. The van der Waals surface area contributed by atoms with Gasteiger partial charge in [0.15, 0.2) is 0 Å². The molecule has 0 aliphatic carbocycles. The van der Waals surface area contributed by atoms with Crippen molar-refractivity contribution in [2.24, 2.45) is 5.41 Å². The van der Waals surface area contributed by atoms with E-state index in [1.54, 1.807) is 0 Å². The molecule has 24 heavy (non-hydrogen) atoms. The van der Waals surface area contributed by atoms with Gasteiger partial charge in [-0.1, -0.05) is 26.8 Å². The summed E-state index contributed by atoms with van der Waals surface area (Å²) in [6.07, 6.45) is 0.772. The first-order valence-electron chi connectivity index (χ1n) is 7.95. The molecule has 1 heterocycles. The van der Waals surface area contributed by atoms with Gasteiger partial charge in [-0.25, -0.2) is 13.6 Å². The van der Waals surface area contributed by atoms with Gasteiger partial charge in [-0.05, 0) is 17.9 Å². The van der Waals surface area contributed by atoms with Gasteiger partial charge in [-0.3, -0.25) is 4.79 Å². The van der Waals surface area contributed by atoms with Gasteiger partial charge in [0.25, 0.3) is 0 Å². The Bertz CT molecular complexity index is 629. The Hall–Kier alpha value is -2.18. The predicted octanol–water partition coefficient (Wildman–Crippen LogP) is 2.58. The monoisotopic (exact) mass is 339 g/mol. The van der Waals surface area contributed by atoms with E-state index in [9.17, 15) is 18.4 Å². The van der Waals surface area contributed by atoms with Crippen molar-refractivity contribution < 1.29 is 18.4 Å². The van der Waals surface area contributed by atoms with Crippen LogP contribution in [0.1, 0.15) is 38.8 Å². The van der Waals surface area contributed by atoms with Crippen LogP contribution in [0.3, 0.4) is 0 Å². The van der Waals surface area contributed by atoms with Gasteiger partial charge in [0.05, 0.1) is 6.04 Å². The number of hydrogen-bond donors (Lipinski definition) is 2. The molecular formula is C17H23F2N3O2. The molecule has 0 radical (unpaired) electrons. The Morgan fingerprint density at radius 2 is 2.08 bits per heavy atom. The van der Waals surface area contributed by atoms with Crippen LogP contribution in [0.4, 0.5) is 13.6 Å². The van der Waals surface area contributed by atoms with Gasteiger partial charge in [-0.2, -0.15) is 0 Å². The predicted molar refractivity (Wildman–Crippen MR) is 86.3 cm³/mol. The Morgan fingerprint density at radius 3 is 2.67 bits per heavy atom. The van der Waals surface area contributed by atoms with Gasteiger partial charge in [-0.15, -0.1) is 0 Å². The molecule has 1 saturated heterocycles. The minimum Gasteiger partial charge on any atom is -0.347 e. The summed E-state index contributed by atoms with van der Waals surface area (Å²) >= 11 is 0. The van der Waals surface area contributed by atoms with E-state index in [4.69, 9.17) is 0 Å². The highest BCUT2D eigenvalue weighted by molar-refractivity contribution is 5.84. The van der Waals surface area contributed by atoms with Crippen LogP contribution in [0.2, 0.25) is 0 Å². The Balaban J connectivity index is 2.14. The fourth-order valence-electron chi connectivity index (χ4n) is 2.71. The minimum atomic E-state index is -0.703. The summed E-state index contributed by atoms with van der Waals surface area (Å²) in [6.45, 7) is 6.57. The molecule has 1 aliphatic heterocycles. The largest absolute Gasteiger partial charge is 0.347 e. The Morgan fingerprint density at radius 1 is 1.38 bits per heavy atom. The van der Waals surface area contributed by atoms with Crippen molar-refractivity contribution in [1.29, 1.82) is 0 Å². The topological polar surface area (TPSA) is 61.4 Å². The van der Waals surface area contributed by atoms with Crippen LogP contribution in [0.5, 0.6) is 0 Å². The summed E-state index contributed by atoms with van der Waals surface area (Å²) in [5.41, 5.74) is -0.265. The van der Waals surface area contributed by atoms with Gasteiger partial charge in [0, 0.05) is 24.7 Å². The maximum atomic E-state index is 14.1. The average molecular weight is 339 g/mol. The lowest BCUT2D eigenvalue weighted by atomic mass is 9.82. The number of amides is 3. The van der Waals surface area contributed by atoms with E-state index in [0.717, 1.165) is 12.5 Å². The Kier molecular flexibility index (Phi) is 5.41. The number of hydrogen-bond acceptors (Lipinski definition) is 2. The van der Waals surface area contributed by atoms with Crippen molar-refractivity contribution in [3.05, 3.63) is 35.4 Å². The highest BCUT2D eigenvalue weighted by Crippen LogP contribution is 2.34. The number of rotatable bonds is 4. The van der Waals surface area contributed by atoms with E-state index in [1.807, 2.05) is 20.8 Å². The van der Waals surface area contributed by atoms with E-state index in [-0.39, 0.29) is 24.0 Å². The maximum absolute atomic E-state index is 14.1. The third kappa shape index (κ3) is 4.43. The lowest BCUT2D eigenvalue weighted by Gasteiger charge is -2.33. The third-order valence-electron chi connectivity index (χ3n) is 3.95. The molecule has 3 amide bonds. The molecule has 132 valence electrons. The van der Waals surface area contributed by atoms with E-state index in [1.165, 1.54) is 17.0 Å². The minimum absolute atomic E-state index is 0.0960. The van der Waals surface area contributed by atoms with E-state index < -0.39 is 23.1 Å². The number of carbonyl (C=O) groups is 2. The second kappa shape index (κ2) is 7.15. The van der Waals surface area contributed by atoms with Crippen LogP contribution >= 0.6 is 0 Å². The lowest BCUT2D eigenvalue weighted by molar-refractivity contribution is -0.123.